The van der Waals surface area contributed by atoms with Gasteiger partial charge < -0.3 is 10.2 Å². The van der Waals surface area contributed by atoms with Gasteiger partial charge in [-0.1, -0.05) is 17.7 Å². The average Bonchev–Trinajstić information content (AvgIpc) is 3.14. The number of nitrogens with one attached hydrogen (secondary N) is 1. The molecule has 0 aliphatic carbocycles. The highest BCUT2D eigenvalue weighted by Crippen LogP contribution is 2.29. The highest BCUT2D eigenvalue weighted by atomic mass is 35.5. The van der Waals surface area contributed by atoms with Crippen LogP contribution >= 0.6 is 11.6 Å². The Morgan fingerprint density at radius 1 is 1.17 bits per heavy atom. The molecule has 0 radical (unpaired) electrons. The van der Waals surface area contributed by atoms with Crippen molar-refractivity contribution in [2.75, 3.05) is 23.3 Å². The molecule has 2 aromatic heterocycles. The summed E-state index contributed by atoms with van der Waals surface area (Å²) in [5.74, 6) is -1.08. The molecule has 30 heavy (non-hydrogen) atoms. The number of aromatic nitrogens is 4. The Labute approximate surface area is 174 Å². The number of anilines is 2. The maximum atomic E-state index is 13.1. The predicted molar refractivity (Wildman–Crippen MR) is 106 cm³/mol. The minimum atomic E-state index is -4.64. The highest BCUT2D eigenvalue weighted by Gasteiger charge is 2.38. The van der Waals surface area contributed by atoms with E-state index >= 15 is 0 Å². The van der Waals surface area contributed by atoms with E-state index < -0.39 is 12.0 Å². The van der Waals surface area contributed by atoms with Gasteiger partial charge in [0.25, 0.3) is 5.82 Å². The normalized spacial score (nSPS) is 15.6. The molecule has 0 saturated carbocycles. The van der Waals surface area contributed by atoms with Gasteiger partial charge in [-0.05, 0) is 49.6 Å². The first kappa shape index (κ1) is 20.4. The van der Waals surface area contributed by atoms with Gasteiger partial charge in [0.15, 0.2) is 5.65 Å². The van der Waals surface area contributed by atoms with E-state index in [2.05, 4.69) is 20.6 Å². The predicted octanol–water partition coefficient (Wildman–Crippen LogP) is 3.96. The van der Waals surface area contributed by atoms with E-state index in [-0.39, 0.29) is 17.5 Å². The van der Waals surface area contributed by atoms with Gasteiger partial charge in [-0.2, -0.15) is 17.7 Å². The van der Waals surface area contributed by atoms with E-state index in [1.54, 1.807) is 18.2 Å². The van der Waals surface area contributed by atoms with Gasteiger partial charge in [0.2, 0.25) is 5.91 Å². The molecule has 11 heteroatoms. The van der Waals surface area contributed by atoms with E-state index in [1.165, 1.54) is 6.07 Å². The molecule has 3 heterocycles. The molecule has 1 amide bonds. The van der Waals surface area contributed by atoms with Crippen LogP contribution in [0.2, 0.25) is 5.02 Å². The lowest BCUT2D eigenvalue weighted by atomic mass is 9.95. The van der Waals surface area contributed by atoms with Crippen molar-refractivity contribution in [1.82, 2.24) is 19.8 Å². The van der Waals surface area contributed by atoms with Crippen LogP contribution in [0.1, 0.15) is 24.2 Å². The Balaban J connectivity index is 1.44. The minimum absolute atomic E-state index is 0.0252. The van der Waals surface area contributed by atoms with Gasteiger partial charge in [0.05, 0.1) is 0 Å². The van der Waals surface area contributed by atoms with Crippen LogP contribution in [-0.2, 0) is 11.0 Å². The number of halogens is 4. The molecule has 0 unspecified atom stereocenters. The fourth-order valence-corrected chi connectivity index (χ4v) is 3.63. The lowest BCUT2D eigenvalue weighted by molar-refractivity contribution is -0.146. The molecule has 158 valence electrons. The van der Waals surface area contributed by atoms with Gasteiger partial charge in [0.1, 0.15) is 5.82 Å². The minimum Gasteiger partial charge on any atom is -0.355 e. The van der Waals surface area contributed by atoms with Crippen LogP contribution < -0.4 is 10.2 Å². The van der Waals surface area contributed by atoms with Crippen LogP contribution in [0.4, 0.5) is 24.7 Å². The molecule has 1 aliphatic heterocycles. The zero-order chi connectivity index (χ0) is 21.5. The average molecular weight is 439 g/mol. The Hall–Kier alpha value is -2.88. The fourth-order valence-electron chi connectivity index (χ4n) is 3.46. The van der Waals surface area contributed by atoms with E-state index in [0.717, 1.165) is 5.56 Å². The molecule has 1 aromatic carbocycles. The van der Waals surface area contributed by atoms with Crippen molar-refractivity contribution in [3.05, 3.63) is 46.7 Å². The number of carbonyl (C=O) groups is 1. The summed E-state index contributed by atoms with van der Waals surface area (Å²) in [6, 6.07) is 8.36. The second kappa shape index (κ2) is 7.75. The van der Waals surface area contributed by atoms with Crippen LogP contribution in [0.25, 0.3) is 5.65 Å². The van der Waals surface area contributed by atoms with Crippen molar-refractivity contribution < 1.29 is 18.0 Å². The summed E-state index contributed by atoms with van der Waals surface area (Å²) in [7, 11) is 0. The van der Waals surface area contributed by atoms with Crippen molar-refractivity contribution in [2.24, 2.45) is 5.92 Å². The topological polar surface area (TPSA) is 75.4 Å². The van der Waals surface area contributed by atoms with Crippen LogP contribution in [0, 0.1) is 12.8 Å². The Bertz CT molecular complexity index is 1090. The van der Waals surface area contributed by atoms with Crippen LogP contribution in [0.3, 0.4) is 0 Å². The van der Waals surface area contributed by atoms with Gasteiger partial charge in [0, 0.05) is 29.7 Å². The van der Waals surface area contributed by atoms with Gasteiger partial charge in [-0.15, -0.1) is 15.3 Å². The quantitative estimate of drug-likeness (QED) is 0.670. The number of benzene rings is 1. The molecule has 1 saturated heterocycles. The Morgan fingerprint density at radius 3 is 2.60 bits per heavy atom. The highest BCUT2D eigenvalue weighted by molar-refractivity contribution is 6.31. The molecule has 1 aliphatic rings. The number of carbonyl (C=O) groups excluding carboxylic acids is 1. The first-order chi connectivity index (χ1) is 14.2. The van der Waals surface area contributed by atoms with Crippen LogP contribution in [0.5, 0.6) is 0 Å². The lowest BCUT2D eigenvalue weighted by Crippen LogP contribution is -2.38. The molecule has 7 nitrogen and oxygen atoms in total. The second-order valence-corrected chi connectivity index (χ2v) is 7.63. The number of aryl methyl sites for hydroxylation is 1. The molecule has 0 bridgehead atoms. The molecule has 0 atom stereocenters. The van der Waals surface area contributed by atoms with Crippen molar-refractivity contribution in [3.8, 4) is 0 Å². The van der Waals surface area contributed by atoms with Crippen LogP contribution in [0.15, 0.2) is 30.3 Å². The van der Waals surface area contributed by atoms with Crippen molar-refractivity contribution in [1.29, 1.82) is 0 Å². The molecule has 1 N–H and O–H groups in total. The smallest absolute Gasteiger partial charge is 0.355 e. The molecule has 0 spiro atoms. The van der Waals surface area contributed by atoms with Crippen molar-refractivity contribution in [2.45, 2.75) is 25.9 Å². The maximum absolute atomic E-state index is 13.1. The van der Waals surface area contributed by atoms with E-state index in [4.69, 9.17) is 11.6 Å². The molecule has 3 aromatic rings. The third-order valence-electron chi connectivity index (χ3n) is 5.15. The summed E-state index contributed by atoms with van der Waals surface area (Å²) in [5, 5.41) is 14.2. The Kier molecular flexibility index (Phi) is 5.27. The number of amides is 1. The van der Waals surface area contributed by atoms with E-state index in [0.29, 0.717) is 47.0 Å². The zero-order valence-electron chi connectivity index (χ0n) is 15.9. The van der Waals surface area contributed by atoms with Crippen molar-refractivity contribution in [3.63, 3.8) is 0 Å². The summed E-state index contributed by atoms with van der Waals surface area (Å²) < 4.78 is 39.9. The number of hydrogen-bond acceptors (Lipinski definition) is 5. The summed E-state index contributed by atoms with van der Waals surface area (Å²) in [6.45, 7) is 2.87. The zero-order valence-corrected chi connectivity index (χ0v) is 16.7. The first-order valence-corrected chi connectivity index (χ1v) is 9.72. The SMILES string of the molecule is Cc1ccc(Cl)cc1NC(=O)C1CCN(c2ccc3nnc(C(F)(F)F)n3n2)CC1. The lowest BCUT2D eigenvalue weighted by Gasteiger charge is -2.32. The number of rotatable bonds is 3. The molecule has 1 fully saturated rings. The third-order valence-corrected chi connectivity index (χ3v) is 5.38. The number of nitrogens with zero attached hydrogens (tertiary/aromatic N) is 5. The maximum Gasteiger partial charge on any atom is 0.453 e. The molecule has 4 rings (SSSR count). The fraction of sp³-hybridized carbons (Fsp3) is 0.368. The third kappa shape index (κ3) is 4.04. The van der Waals surface area contributed by atoms with Crippen LogP contribution in [-0.4, -0.2) is 38.8 Å². The number of alkyl halides is 3. The number of fused-ring (bicyclic) bond motifs is 1. The summed E-state index contributed by atoms with van der Waals surface area (Å²) >= 11 is 6.00. The molecular formula is C19H18ClF3N6O. The van der Waals surface area contributed by atoms with Gasteiger partial charge in [-0.25, -0.2) is 0 Å². The van der Waals surface area contributed by atoms with E-state index in [1.807, 2.05) is 17.9 Å². The van der Waals surface area contributed by atoms with Gasteiger partial charge >= 0.3 is 6.18 Å². The first-order valence-electron chi connectivity index (χ1n) is 9.34. The standard InChI is InChI=1S/C19H18ClF3N6O/c1-11-2-3-13(20)10-14(11)24-17(30)12-6-8-28(9-7-12)16-5-4-15-25-26-18(19(21,22)23)29(15)27-16/h2-5,10,12H,6-9H2,1H3,(H,24,30). The summed E-state index contributed by atoms with van der Waals surface area (Å²) in [5.41, 5.74) is 1.61. The second-order valence-electron chi connectivity index (χ2n) is 7.19. The number of piperidine rings is 1. The number of hydrogen-bond donors (Lipinski definition) is 1. The van der Waals surface area contributed by atoms with E-state index in [9.17, 15) is 18.0 Å². The monoisotopic (exact) mass is 438 g/mol. The largest absolute Gasteiger partial charge is 0.453 e. The molecular weight excluding hydrogens is 421 g/mol. The van der Waals surface area contributed by atoms with Crippen molar-refractivity contribution >= 4 is 34.7 Å². The Morgan fingerprint density at radius 2 is 1.90 bits per heavy atom. The van der Waals surface area contributed by atoms with Gasteiger partial charge in [-0.3, -0.25) is 4.79 Å². The summed E-state index contributed by atoms with van der Waals surface area (Å²) in [6.07, 6.45) is -3.53. The summed E-state index contributed by atoms with van der Waals surface area (Å²) in [4.78, 5) is 14.5.